The first-order valence-electron chi connectivity index (χ1n) is 11.9. The second-order valence-electron chi connectivity index (χ2n) is 7.96. The molecule has 0 aliphatic heterocycles. The Kier molecular flexibility index (Phi) is 16.3. The third-order valence-electron chi connectivity index (χ3n) is 5.14. The van der Waals surface area contributed by atoms with Crippen molar-refractivity contribution >= 4 is 12.1 Å². The minimum atomic E-state index is -0.0200. The zero-order chi connectivity index (χ0) is 21.7. The Balaban J connectivity index is 1.97. The van der Waals surface area contributed by atoms with Crippen molar-refractivity contribution in [1.29, 1.82) is 0 Å². The lowest BCUT2D eigenvalue weighted by molar-refractivity contribution is -0.121. The summed E-state index contributed by atoms with van der Waals surface area (Å²) >= 11 is 0. The van der Waals surface area contributed by atoms with Crippen LogP contribution in [0.2, 0.25) is 0 Å². The van der Waals surface area contributed by atoms with Crippen molar-refractivity contribution < 1.29 is 9.53 Å². The van der Waals surface area contributed by atoms with E-state index in [9.17, 15) is 4.79 Å². The summed E-state index contributed by atoms with van der Waals surface area (Å²) in [4.78, 5) is 11.9. The SMILES string of the molecule is C=CCOc1cccc(C=NNC(=O)CCCCCCCCCCCCCCC)c1. The van der Waals surface area contributed by atoms with Gasteiger partial charge in [-0.1, -0.05) is 109 Å². The molecule has 0 bridgehead atoms. The van der Waals surface area contributed by atoms with Crippen LogP contribution in [0, 0.1) is 0 Å². The van der Waals surface area contributed by atoms with Gasteiger partial charge in [0, 0.05) is 6.42 Å². The summed E-state index contributed by atoms with van der Waals surface area (Å²) in [5.41, 5.74) is 3.50. The number of nitrogens with one attached hydrogen (secondary N) is 1. The molecule has 0 radical (unpaired) electrons. The van der Waals surface area contributed by atoms with Crippen molar-refractivity contribution in [2.24, 2.45) is 5.10 Å². The Bertz CT molecular complexity index is 598. The van der Waals surface area contributed by atoms with Crippen LogP contribution in [0.3, 0.4) is 0 Å². The molecule has 1 aromatic rings. The number of rotatable bonds is 19. The average Bonchev–Trinajstić information content (AvgIpc) is 2.76. The Morgan fingerprint density at radius 2 is 1.57 bits per heavy atom. The van der Waals surface area contributed by atoms with Gasteiger partial charge in [0.15, 0.2) is 0 Å². The van der Waals surface area contributed by atoms with Crippen molar-refractivity contribution in [3.05, 3.63) is 42.5 Å². The summed E-state index contributed by atoms with van der Waals surface area (Å²) in [6, 6.07) is 7.58. The molecule has 4 heteroatoms. The molecule has 1 N–H and O–H groups in total. The topological polar surface area (TPSA) is 50.7 Å². The first-order chi connectivity index (χ1) is 14.8. The Labute approximate surface area is 184 Å². The zero-order valence-corrected chi connectivity index (χ0v) is 19.0. The molecule has 0 saturated carbocycles. The van der Waals surface area contributed by atoms with Gasteiger partial charge in [-0.25, -0.2) is 5.43 Å². The highest BCUT2D eigenvalue weighted by molar-refractivity contribution is 5.82. The average molecular weight is 415 g/mol. The fraction of sp³-hybridized carbons (Fsp3) is 0.615. The number of nitrogens with zero attached hydrogens (tertiary/aromatic N) is 1. The normalized spacial score (nSPS) is 11.0. The number of ether oxygens (including phenoxy) is 1. The number of carbonyl (C=O) groups is 1. The van der Waals surface area contributed by atoms with E-state index >= 15 is 0 Å². The lowest BCUT2D eigenvalue weighted by Crippen LogP contribution is -2.16. The van der Waals surface area contributed by atoms with E-state index < -0.39 is 0 Å². The summed E-state index contributed by atoms with van der Waals surface area (Å²) in [5, 5.41) is 4.04. The quantitative estimate of drug-likeness (QED) is 0.113. The summed E-state index contributed by atoms with van der Waals surface area (Å²) in [6.45, 7) is 6.37. The minimum Gasteiger partial charge on any atom is -0.490 e. The molecule has 0 aromatic heterocycles. The highest BCUT2D eigenvalue weighted by Gasteiger charge is 2.00. The summed E-state index contributed by atoms with van der Waals surface area (Å²) in [5.74, 6) is 0.741. The number of hydrogen-bond donors (Lipinski definition) is 1. The van der Waals surface area contributed by atoms with E-state index in [0.717, 1.165) is 24.2 Å². The van der Waals surface area contributed by atoms with E-state index in [1.54, 1.807) is 12.3 Å². The minimum absolute atomic E-state index is 0.0200. The number of hydrazone groups is 1. The van der Waals surface area contributed by atoms with Crippen molar-refractivity contribution in [3.8, 4) is 5.75 Å². The molecular weight excluding hydrogens is 372 g/mol. The molecule has 168 valence electrons. The van der Waals surface area contributed by atoms with Crippen molar-refractivity contribution in [2.75, 3.05) is 6.61 Å². The van der Waals surface area contributed by atoms with E-state index in [1.807, 2.05) is 24.3 Å². The van der Waals surface area contributed by atoms with Crippen LogP contribution < -0.4 is 10.2 Å². The predicted octanol–water partition coefficient (Wildman–Crippen LogP) is 7.18. The summed E-state index contributed by atoms with van der Waals surface area (Å²) in [6.07, 6.45) is 20.9. The molecule has 0 unspecified atom stereocenters. The maximum atomic E-state index is 11.9. The largest absolute Gasteiger partial charge is 0.490 e. The van der Waals surface area contributed by atoms with Crippen LogP contribution in [-0.2, 0) is 4.79 Å². The van der Waals surface area contributed by atoms with E-state index in [2.05, 4.69) is 24.0 Å². The predicted molar refractivity (Wildman–Crippen MR) is 128 cm³/mol. The molecule has 0 spiro atoms. The van der Waals surface area contributed by atoms with Crippen LogP contribution in [0.15, 0.2) is 42.0 Å². The number of benzene rings is 1. The van der Waals surface area contributed by atoms with E-state index in [-0.39, 0.29) is 5.91 Å². The second kappa shape index (κ2) is 18.9. The van der Waals surface area contributed by atoms with Crippen molar-refractivity contribution in [2.45, 2.75) is 96.8 Å². The highest BCUT2D eigenvalue weighted by atomic mass is 16.5. The molecule has 0 heterocycles. The van der Waals surface area contributed by atoms with Gasteiger partial charge in [-0.3, -0.25) is 4.79 Å². The maximum absolute atomic E-state index is 11.9. The van der Waals surface area contributed by atoms with Gasteiger partial charge in [-0.05, 0) is 24.1 Å². The molecule has 4 nitrogen and oxygen atoms in total. The molecule has 0 atom stereocenters. The van der Waals surface area contributed by atoms with Crippen LogP contribution in [0.4, 0.5) is 0 Å². The molecular formula is C26H42N2O2. The van der Waals surface area contributed by atoms with Gasteiger partial charge >= 0.3 is 0 Å². The third-order valence-corrected chi connectivity index (χ3v) is 5.14. The van der Waals surface area contributed by atoms with Crippen molar-refractivity contribution in [3.63, 3.8) is 0 Å². The highest BCUT2D eigenvalue weighted by Crippen LogP contribution is 2.13. The van der Waals surface area contributed by atoms with Crippen LogP contribution in [0.1, 0.15) is 102 Å². The lowest BCUT2D eigenvalue weighted by Gasteiger charge is -2.04. The van der Waals surface area contributed by atoms with Gasteiger partial charge in [-0.15, -0.1) is 0 Å². The molecule has 0 aliphatic carbocycles. The van der Waals surface area contributed by atoms with Crippen LogP contribution >= 0.6 is 0 Å². The third kappa shape index (κ3) is 14.8. The van der Waals surface area contributed by atoms with Gasteiger partial charge < -0.3 is 4.74 Å². The van der Waals surface area contributed by atoms with Crippen LogP contribution in [0.5, 0.6) is 5.75 Å². The number of carbonyl (C=O) groups excluding carboxylic acids is 1. The fourth-order valence-corrected chi connectivity index (χ4v) is 3.38. The Morgan fingerprint density at radius 1 is 0.967 bits per heavy atom. The van der Waals surface area contributed by atoms with Gasteiger partial charge in [0.25, 0.3) is 0 Å². The maximum Gasteiger partial charge on any atom is 0.240 e. The molecule has 1 aromatic carbocycles. The van der Waals surface area contributed by atoms with Gasteiger partial charge in [-0.2, -0.15) is 5.10 Å². The summed E-state index contributed by atoms with van der Waals surface area (Å²) in [7, 11) is 0. The number of unbranched alkanes of at least 4 members (excludes halogenated alkanes) is 12. The monoisotopic (exact) mass is 414 g/mol. The first-order valence-corrected chi connectivity index (χ1v) is 11.9. The second-order valence-corrected chi connectivity index (χ2v) is 7.96. The van der Waals surface area contributed by atoms with E-state index in [1.165, 1.54) is 70.6 Å². The summed E-state index contributed by atoms with van der Waals surface area (Å²) < 4.78 is 5.49. The molecule has 0 fully saturated rings. The van der Waals surface area contributed by atoms with Gasteiger partial charge in [0.05, 0.1) is 6.21 Å². The van der Waals surface area contributed by atoms with Gasteiger partial charge in [0.2, 0.25) is 5.91 Å². The van der Waals surface area contributed by atoms with E-state index in [0.29, 0.717) is 13.0 Å². The van der Waals surface area contributed by atoms with Gasteiger partial charge in [0.1, 0.15) is 12.4 Å². The van der Waals surface area contributed by atoms with Crippen LogP contribution in [-0.4, -0.2) is 18.7 Å². The molecule has 0 aliphatic rings. The molecule has 30 heavy (non-hydrogen) atoms. The van der Waals surface area contributed by atoms with E-state index in [4.69, 9.17) is 4.74 Å². The molecule has 0 saturated heterocycles. The Morgan fingerprint density at radius 3 is 2.17 bits per heavy atom. The fourth-order valence-electron chi connectivity index (χ4n) is 3.38. The standard InChI is InChI=1S/C26H42N2O2/c1-3-5-6-7-8-9-10-11-12-13-14-15-16-20-26(29)28-27-23-24-18-17-19-25(22-24)30-21-4-2/h4,17-19,22-23H,2-3,5-16,20-21H2,1H3,(H,28,29). The number of hydrogen-bond acceptors (Lipinski definition) is 3. The zero-order valence-electron chi connectivity index (χ0n) is 19.0. The van der Waals surface area contributed by atoms with Crippen molar-refractivity contribution in [1.82, 2.24) is 5.43 Å². The molecule has 1 rings (SSSR count). The smallest absolute Gasteiger partial charge is 0.240 e. The lowest BCUT2D eigenvalue weighted by atomic mass is 10.0. The molecule has 1 amide bonds. The number of amides is 1. The van der Waals surface area contributed by atoms with Crippen LogP contribution in [0.25, 0.3) is 0 Å². The first kappa shape index (κ1) is 25.9. The Hall–Kier alpha value is -2.10.